The van der Waals surface area contributed by atoms with Crippen LogP contribution in [0.15, 0.2) is 24.3 Å². The monoisotopic (exact) mass is 236 g/mol. The second kappa shape index (κ2) is 4.07. The predicted molar refractivity (Wildman–Crippen MR) is 62.0 cm³/mol. The summed E-state index contributed by atoms with van der Waals surface area (Å²) in [7, 11) is 0. The molecule has 2 unspecified atom stereocenters. The SMILES string of the molecule is CC1OC2(CCCC2)OC1c1ccccc1F. The highest BCUT2D eigenvalue weighted by molar-refractivity contribution is 5.22. The van der Waals surface area contributed by atoms with Crippen LogP contribution in [0.5, 0.6) is 0 Å². The Morgan fingerprint density at radius 3 is 2.59 bits per heavy atom. The molecular weight excluding hydrogens is 219 g/mol. The summed E-state index contributed by atoms with van der Waals surface area (Å²) in [5, 5.41) is 0. The third-order valence-corrected chi connectivity index (χ3v) is 3.75. The Morgan fingerprint density at radius 1 is 1.18 bits per heavy atom. The van der Waals surface area contributed by atoms with Crippen molar-refractivity contribution in [3.8, 4) is 0 Å². The van der Waals surface area contributed by atoms with Crippen molar-refractivity contribution in [2.24, 2.45) is 0 Å². The van der Waals surface area contributed by atoms with E-state index in [2.05, 4.69) is 0 Å². The van der Waals surface area contributed by atoms with Gasteiger partial charge in [0.15, 0.2) is 5.79 Å². The number of hydrogen-bond acceptors (Lipinski definition) is 2. The Morgan fingerprint density at radius 2 is 1.88 bits per heavy atom. The Balaban J connectivity index is 1.87. The highest BCUT2D eigenvalue weighted by Gasteiger charge is 2.48. The van der Waals surface area contributed by atoms with Crippen molar-refractivity contribution >= 4 is 0 Å². The third kappa shape index (κ3) is 1.87. The average Bonchev–Trinajstić information content (AvgIpc) is 2.88. The van der Waals surface area contributed by atoms with Gasteiger partial charge in [0, 0.05) is 18.4 Å². The molecule has 1 aliphatic heterocycles. The molecule has 1 aliphatic carbocycles. The van der Waals surface area contributed by atoms with Gasteiger partial charge in [-0.25, -0.2) is 4.39 Å². The molecule has 1 heterocycles. The molecule has 0 radical (unpaired) electrons. The second-order valence-corrected chi connectivity index (χ2v) is 5.00. The third-order valence-electron chi connectivity index (χ3n) is 3.75. The van der Waals surface area contributed by atoms with Gasteiger partial charge in [-0.1, -0.05) is 18.2 Å². The maximum atomic E-state index is 13.8. The average molecular weight is 236 g/mol. The molecular formula is C14H17FO2. The summed E-state index contributed by atoms with van der Waals surface area (Å²) in [6.45, 7) is 1.96. The topological polar surface area (TPSA) is 18.5 Å². The van der Waals surface area contributed by atoms with Crippen LogP contribution in [0.1, 0.15) is 44.3 Å². The standard InChI is InChI=1S/C14H17FO2/c1-10-13(11-6-2-3-7-12(11)15)17-14(16-10)8-4-5-9-14/h2-3,6-7,10,13H,4-5,8-9H2,1H3. The first-order chi connectivity index (χ1) is 8.20. The molecule has 0 amide bonds. The molecule has 2 atom stereocenters. The summed E-state index contributed by atoms with van der Waals surface area (Å²) in [6, 6.07) is 6.80. The fourth-order valence-electron chi connectivity index (χ4n) is 2.93. The van der Waals surface area contributed by atoms with Gasteiger partial charge in [0.05, 0.1) is 6.10 Å². The molecule has 1 spiro atoms. The van der Waals surface area contributed by atoms with Crippen molar-refractivity contribution in [1.82, 2.24) is 0 Å². The van der Waals surface area contributed by atoms with E-state index in [9.17, 15) is 4.39 Å². The molecule has 17 heavy (non-hydrogen) atoms. The molecule has 1 aromatic rings. The Hall–Kier alpha value is -0.930. The fourth-order valence-corrected chi connectivity index (χ4v) is 2.93. The minimum absolute atomic E-state index is 0.0787. The van der Waals surface area contributed by atoms with Crippen molar-refractivity contribution < 1.29 is 13.9 Å². The summed E-state index contributed by atoms with van der Waals surface area (Å²) in [5.41, 5.74) is 0.615. The fraction of sp³-hybridized carbons (Fsp3) is 0.571. The normalized spacial score (nSPS) is 31.2. The summed E-state index contributed by atoms with van der Waals surface area (Å²) < 4.78 is 25.7. The van der Waals surface area contributed by atoms with Crippen LogP contribution in [0.25, 0.3) is 0 Å². The van der Waals surface area contributed by atoms with E-state index >= 15 is 0 Å². The Kier molecular flexibility index (Phi) is 2.68. The van der Waals surface area contributed by atoms with Crippen molar-refractivity contribution in [2.75, 3.05) is 0 Å². The molecule has 1 saturated carbocycles. The Labute approximate surface area is 101 Å². The molecule has 0 N–H and O–H groups in total. The molecule has 0 aromatic heterocycles. The first-order valence-corrected chi connectivity index (χ1v) is 6.30. The van der Waals surface area contributed by atoms with E-state index in [1.807, 2.05) is 13.0 Å². The van der Waals surface area contributed by atoms with Crippen LogP contribution in [-0.4, -0.2) is 11.9 Å². The molecule has 0 bridgehead atoms. The van der Waals surface area contributed by atoms with Crippen LogP contribution in [0.4, 0.5) is 4.39 Å². The molecule has 1 aromatic carbocycles. The van der Waals surface area contributed by atoms with Gasteiger partial charge in [-0.2, -0.15) is 0 Å². The highest BCUT2D eigenvalue weighted by Crippen LogP contribution is 2.47. The molecule has 2 aliphatic rings. The van der Waals surface area contributed by atoms with E-state index in [4.69, 9.17) is 9.47 Å². The number of halogens is 1. The van der Waals surface area contributed by atoms with Crippen LogP contribution >= 0.6 is 0 Å². The van der Waals surface area contributed by atoms with Gasteiger partial charge in [-0.05, 0) is 25.8 Å². The van der Waals surface area contributed by atoms with E-state index in [0.29, 0.717) is 5.56 Å². The zero-order chi connectivity index (χ0) is 11.9. The quantitative estimate of drug-likeness (QED) is 0.742. The lowest BCUT2D eigenvalue weighted by Crippen LogP contribution is -2.26. The largest absolute Gasteiger partial charge is 0.344 e. The van der Waals surface area contributed by atoms with Gasteiger partial charge >= 0.3 is 0 Å². The molecule has 2 fully saturated rings. The summed E-state index contributed by atoms with van der Waals surface area (Å²) in [5.74, 6) is -0.644. The van der Waals surface area contributed by atoms with Gasteiger partial charge in [0.1, 0.15) is 11.9 Å². The lowest BCUT2D eigenvalue weighted by molar-refractivity contribution is -0.168. The summed E-state index contributed by atoms with van der Waals surface area (Å²) in [4.78, 5) is 0. The van der Waals surface area contributed by atoms with Crippen LogP contribution in [0.2, 0.25) is 0 Å². The first-order valence-electron chi connectivity index (χ1n) is 6.30. The first kappa shape index (κ1) is 11.2. The molecule has 1 saturated heterocycles. The number of ether oxygens (including phenoxy) is 2. The van der Waals surface area contributed by atoms with Crippen molar-refractivity contribution in [3.63, 3.8) is 0 Å². The van der Waals surface area contributed by atoms with Crippen molar-refractivity contribution in [2.45, 2.75) is 50.6 Å². The van der Waals surface area contributed by atoms with E-state index in [-0.39, 0.29) is 18.0 Å². The minimum Gasteiger partial charge on any atom is -0.344 e. The van der Waals surface area contributed by atoms with Gasteiger partial charge < -0.3 is 9.47 Å². The minimum atomic E-state index is -0.438. The highest BCUT2D eigenvalue weighted by atomic mass is 19.1. The summed E-state index contributed by atoms with van der Waals surface area (Å²) >= 11 is 0. The lowest BCUT2D eigenvalue weighted by Gasteiger charge is -2.22. The Bertz CT molecular complexity index is 412. The number of rotatable bonds is 1. The maximum absolute atomic E-state index is 13.8. The van der Waals surface area contributed by atoms with E-state index in [1.165, 1.54) is 6.07 Å². The van der Waals surface area contributed by atoms with Crippen molar-refractivity contribution in [3.05, 3.63) is 35.6 Å². The molecule has 3 heteroatoms. The zero-order valence-corrected chi connectivity index (χ0v) is 9.99. The summed E-state index contributed by atoms with van der Waals surface area (Å²) in [6.07, 6.45) is 3.79. The molecule has 92 valence electrons. The van der Waals surface area contributed by atoms with Crippen LogP contribution in [-0.2, 0) is 9.47 Å². The van der Waals surface area contributed by atoms with E-state index < -0.39 is 5.79 Å². The van der Waals surface area contributed by atoms with E-state index in [1.54, 1.807) is 12.1 Å². The van der Waals surface area contributed by atoms with Crippen LogP contribution in [0.3, 0.4) is 0 Å². The maximum Gasteiger partial charge on any atom is 0.169 e. The molecule has 3 rings (SSSR count). The van der Waals surface area contributed by atoms with Gasteiger partial charge in [0.2, 0.25) is 0 Å². The smallest absolute Gasteiger partial charge is 0.169 e. The van der Waals surface area contributed by atoms with Crippen molar-refractivity contribution in [1.29, 1.82) is 0 Å². The van der Waals surface area contributed by atoms with E-state index in [0.717, 1.165) is 25.7 Å². The second-order valence-electron chi connectivity index (χ2n) is 5.00. The number of benzene rings is 1. The van der Waals surface area contributed by atoms with Gasteiger partial charge in [-0.15, -0.1) is 0 Å². The van der Waals surface area contributed by atoms with Crippen LogP contribution < -0.4 is 0 Å². The number of hydrogen-bond donors (Lipinski definition) is 0. The van der Waals surface area contributed by atoms with Gasteiger partial charge in [0.25, 0.3) is 0 Å². The lowest BCUT2D eigenvalue weighted by atomic mass is 10.1. The zero-order valence-electron chi connectivity index (χ0n) is 9.99. The van der Waals surface area contributed by atoms with Gasteiger partial charge in [-0.3, -0.25) is 0 Å². The predicted octanol–water partition coefficient (Wildman–Crippen LogP) is 3.57. The van der Waals surface area contributed by atoms with Crippen LogP contribution in [0, 0.1) is 5.82 Å². The molecule has 2 nitrogen and oxygen atoms in total.